The first kappa shape index (κ1) is 18.1. The van der Waals surface area contributed by atoms with E-state index in [2.05, 4.69) is 26.1 Å². The summed E-state index contributed by atoms with van der Waals surface area (Å²) in [5, 5.41) is 17.0. The number of benzene rings is 2. The van der Waals surface area contributed by atoms with Crippen LogP contribution in [-0.4, -0.2) is 31.0 Å². The van der Waals surface area contributed by atoms with Gasteiger partial charge in [-0.15, -0.1) is 5.10 Å². The van der Waals surface area contributed by atoms with E-state index in [-0.39, 0.29) is 10.8 Å². The van der Waals surface area contributed by atoms with Crippen molar-refractivity contribution in [2.24, 2.45) is 5.10 Å². The Morgan fingerprint density at radius 3 is 2.62 bits per heavy atom. The molecule has 3 aromatic rings. The summed E-state index contributed by atoms with van der Waals surface area (Å²) >= 11 is 7.16. The number of nitrogens with zero attached hydrogens (tertiary/aromatic N) is 5. The van der Waals surface area contributed by atoms with Gasteiger partial charge in [-0.3, -0.25) is 10.2 Å². The van der Waals surface area contributed by atoms with Crippen LogP contribution in [-0.2, 0) is 4.79 Å². The Hall–Kier alpha value is -2.71. The Morgan fingerprint density at radius 2 is 1.92 bits per heavy atom. The molecule has 0 saturated heterocycles. The monoisotopic (exact) mass is 386 g/mol. The number of aryl methyl sites for hydroxylation is 1. The van der Waals surface area contributed by atoms with Gasteiger partial charge in [0.25, 0.3) is 0 Å². The van der Waals surface area contributed by atoms with Crippen molar-refractivity contribution in [3.05, 3.63) is 59.1 Å². The molecule has 9 heteroatoms. The molecule has 0 spiro atoms. The van der Waals surface area contributed by atoms with Gasteiger partial charge in [-0.25, -0.2) is 0 Å². The number of nitrogens with one attached hydrogen (secondary N) is 1. The number of carbonyl (C=O) groups is 1. The van der Waals surface area contributed by atoms with E-state index in [0.717, 1.165) is 23.0 Å². The minimum atomic E-state index is -0.215. The van der Waals surface area contributed by atoms with E-state index in [1.807, 2.05) is 43.3 Å². The number of para-hydroxylation sites is 1. The first-order valence-electron chi connectivity index (χ1n) is 7.67. The molecule has 2 aromatic carbocycles. The van der Waals surface area contributed by atoms with E-state index in [1.54, 1.807) is 16.8 Å². The Balaban J connectivity index is 1.84. The van der Waals surface area contributed by atoms with Gasteiger partial charge >= 0.3 is 0 Å². The third-order valence-corrected chi connectivity index (χ3v) is 4.70. The van der Waals surface area contributed by atoms with Gasteiger partial charge in [-0.1, -0.05) is 41.4 Å². The zero-order valence-corrected chi connectivity index (χ0v) is 15.6. The number of thioether (sulfide) groups is 1. The smallest absolute Gasteiger partial charge is 0.220 e. The molecule has 7 nitrogen and oxygen atoms in total. The third-order valence-electron chi connectivity index (χ3n) is 3.36. The quantitative estimate of drug-likeness (QED) is 0.311. The molecule has 0 aliphatic rings. The van der Waals surface area contributed by atoms with Gasteiger partial charge < -0.3 is 0 Å². The molecule has 0 saturated carbocycles. The van der Waals surface area contributed by atoms with E-state index < -0.39 is 0 Å². The molecule has 132 valence electrons. The van der Waals surface area contributed by atoms with Gasteiger partial charge in [-0.05, 0) is 53.4 Å². The normalized spacial score (nSPS) is 11.4. The van der Waals surface area contributed by atoms with Crippen LogP contribution in [0.4, 0.5) is 5.69 Å². The highest BCUT2D eigenvalue weighted by Gasteiger charge is 2.16. The van der Waals surface area contributed by atoms with E-state index in [9.17, 15) is 4.79 Å². The number of anilines is 1. The molecule has 0 unspecified atom stereocenters. The van der Waals surface area contributed by atoms with Crippen LogP contribution >= 0.6 is 23.4 Å². The molecule has 0 aliphatic heterocycles. The summed E-state index contributed by atoms with van der Waals surface area (Å²) in [4.78, 5) is 12.0. The topological polar surface area (TPSA) is 85.1 Å². The summed E-state index contributed by atoms with van der Waals surface area (Å²) in [5.41, 5.74) is 5.34. The van der Waals surface area contributed by atoms with E-state index in [1.165, 1.54) is 6.92 Å². The average molecular weight is 387 g/mol. The number of hydrogen-bond donors (Lipinski definition) is 1. The number of hydrogen-bond acceptors (Lipinski definition) is 7. The second-order valence-electron chi connectivity index (χ2n) is 5.38. The second-order valence-corrected chi connectivity index (χ2v) is 6.74. The van der Waals surface area contributed by atoms with Crippen LogP contribution in [0.15, 0.2) is 58.8 Å². The lowest BCUT2D eigenvalue weighted by Gasteiger charge is -2.07. The maximum Gasteiger partial charge on any atom is 0.220 e. The van der Waals surface area contributed by atoms with Crippen LogP contribution in [0.25, 0.3) is 5.69 Å². The van der Waals surface area contributed by atoms with Gasteiger partial charge in [0.2, 0.25) is 5.16 Å². The lowest BCUT2D eigenvalue weighted by atomic mass is 10.2. The van der Waals surface area contributed by atoms with Crippen molar-refractivity contribution in [3.63, 3.8) is 0 Å². The standard InChI is InChI=1S/C17H15ClN6OS/c1-11-7-9-13(10-8-11)24-17(21-22-23-24)26-16(12(2)25)20-19-15-6-4-3-5-14(15)18/h3-10,19H,1-2H3. The summed E-state index contributed by atoms with van der Waals surface area (Å²) in [6, 6.07) is 14.9. The second kappa shape index (κ2) is 8.11. The fourth-order valence-corrected chi connectivity index (χ4v) is 2.90. The number of carbonyl (C=O) groups excluding carboxylic acids is 1. The van der Waals surface area contributed by atoms with Crippen LogP contribution in [0.5, 0.6) is 0 Å². The van der Waals surface area contributed by atoms with E-state index in [4.69, 9.17) is 11.6 Å². The summed E-state index contributed by atoms with van der Waals surface area (Å²) in [6.07, 6.45) is 0. The van der Waals surface area contributed by atoms with Gasteiger partial charge in [-0.2, -0.15) is 9.78 Å². The molecule has 1 N–H and O–H groups in total. The molecule has 0 atom stereocenters. The van der Waals surface area contributed by atoms with Crippen molar-refractivity contribution in [2.45, 2.75) is 19.0 Å². The molecule has 3 rings (SSSR count). The number of hydrazone groups is 1. The Morgan fingerprint density at radius 1 is 1.19 bits per heavy atom. The number of rotatable bonds is 5. The molecule has 0 radical (unpaired) electrons. The zero-order valence-electron chi connectivity index (χ0n) is 14.0. The van der Waals surface area contributed by atoms with Crippen molar-refractivity contribution in [2.75, 3.05) is 5.43 Å². The maximum absolute atomic E-state index is 12.0. The SMILES string of the molecule is CC(=O)C(=NNc1ccccc1Cl)Sc1nnnn1-c1ccc(C)cc1. The van der Waals surface area contributed by atoms with Gasteiger partial charge in [0.15, 0.2) is 10.8 Å². The molecule has 1 heterocycles. The maximum atomic E-state index is 12.0. The molecule has 0 aliphatic carbocycles. The molecular weight excluding hydrogens is 372 g/mol. The van der Waals surface area contributed by atoms with Crippen LogP contribution in [0.3, 0.4) is 0 Å². The lowest BCUT2D eigenvalue weighted by Crippen LogP contribution is -2.10. The number of aromatic nitrogens is 4. The van der Waals surface area contributed by atoms with Gasteiger partial charge in [0.1, 0.15) is 0 Å². The van der Waals surface area contributed by atoms with Crippen molar-refractivity contribution >= 4 is 39.9 Å². The number of ketones is 1. The fraction of sp³-hybridized carbons (Fsp3) is 0.118. The largest absolute Gasteiger partial charge is 0.292 e. The minimum absolute atomic E-state index is 0.215. The van der Waals surface area contributed by atoms with E-state index in [0.29, 0.717) is 15.9 Å². The number of tetrazole rings is 1. The lowest BCUT2D eigenvalue weighted by molar-refractivity contribution is -0.110. The van der Waals surface area contributed by atoms with Crippen molar-refractivity contribution in [1.29, 1.82) is 0 Å². The minimum Gasteiger partial charge on any atom is -0.292 e. The average Bonchev–Trinajstić information content (AvgIpc) is 3.08. The molecule has 1 aromatic heterocycles. The summed E-state index contributed by atoms with van der Waals surface area (Å²) in [6.45, 7) is 3.43. The van der Waals surface area contributed by atoms with Crippen LogP contribution in [0.2, 0.25) is 5.02 Å². The zero-order chi connectivity index (χ0) is 18.5. The van der Waals surface area contributed by atoms with Crippen LogP contribution in [0, 0.1) is 6.92 Å². The van der Waals surface area contributed by atoms with Crippen molar-refractivity contribution in [3.8, 4) is 5.69 Å². The summed E-state index contributed by atoms with van der Waals surface area (Å²) in [7, 11) is 0. The molecular formula is C17H15ClN6OS. The number of Topliss-reactive ketones (excluding diaryl/α,β-unsaturated/α-hetero) is 1. The number of halogens is 1. The van der Waals surface area contributed by atoms with Crippen molar-refractivity contribution < 1.29 is 4.79 Å². The third kappa shape index (κ3) is 4.27. The highest BCUT2D eigenvalue weighted by atomic mass is 35.5. The Kier molecular flexibility index (Phi) is 5.65. The highest BCUT2D eigenvalue weighted by molar-refractivity contribution is 8.15. The summed E-state index contributed by atoms with van der Waals surface area (Å²) < 4.78 is 1.55. The molecule has 0 amide bonds. The first-order chi connectivity index (χ1) is 12.5. The summed E-state index contributed by atoms with van der Waals surface area (Å²) in [5.74, 6) is -0.215. The van der Waals surface area contributed by atoms with E-state index >= 15 is 0 Å². The van der Waals surface area contributed by atoms with Crippen molar-refractivity contribution in [1.82, 2.24) is 20.2 Å². The molecule has 26 heavy (non-hydrogen) atoms. The van der Waals surface area contributed by atoms with Crippen LogP contribution < -0.4 is 5.43 Å². The fourth-order valence-electron chi connectivity index (χ4n) is 2.01. The predicted molar refractivity (Wildman–Crippen MR) is 103 cm³/mol. The Bertz CT molecular complexity index is 954. The predicted octanol–water partition coefficient (Wildman–Crippen LogP) is 3.73. The molecule has 0 bridgehead atoms. The first-order valence-corrected chi connectivity index (χ1v) is 8.86. The van der Waals surface area contributed by atoms with Gasteiger partial charge in [0, 0.05) is 6.92 Å². The Labute approximate surface area is 159 Å². The highest BCUT2D eigenvalue weighted by Crippen LogP contribution is 2.23. The van der Waals surface area contributed by atoms with Gasteiger partial charge in [0.05, 0.1) is 16.4 Å². The molecule has 0 fully saturated rings. The van der Waals surface area contributed by atoms with Crippen LogP contribution in [0.1, 0.15) is 12.5 Å².